The molecule has 0 aliphatic heterocycles. The molecule has 2 aromatic carbocycles. The predicted molar refractivity (Wildman–Crippen MR) is 119 cm³/mol. The highest BCUT2D eigenvalue weighted by Gasteiger charge is 2.43. The van der Waals surface area contributed by atoms with E-state index in [9.17, 15) is 4.79 Å². The Morgan fingerprint density at radius 3 is 2.40 bits per heavy atom. The Morgan fingerprint density at radius 2 is 1.77 bits per heavy atom. The molecule has 6 nitrogen and oxygen atoms in total. The molecule has 30 heavy (non-hydrogen) atoms. The van der Waals surface area contributed by atoms with Gasteiger partial charge in [0.15, 0.2) is 11.7 Å². The van der Waals surface area contributed by atoms with Crippen molar-refractivity contribution in [1.29, 1.82) is 0 Å². The van der Waals surface area contributed by atoms with Crippen LogP contribution in [0.5, 0.6) is 0 Å². The van der Waals surface area contributed by atoms with Crippen molar-refractivity contribution in [2.75, 3.05) is 18.9 Å². The number of rotatable bonds is 7. The third kappa shape index (κ3) is 4.71. The predicted octanol–water partition coefficient (Wildman–Crippen LogP) is 3.93. The fraction of sp³-hybridized carbons (Fsp3) is 0.250. The number of benzene rings is 2. The number of nitrogens with one attached hydrogen (secondary N) is 3. The number of anilines is 1. The quantitative estimate of drug-likeness (QED) is 0.413. The van der Waals surface area contributed by atoms with E-state index in [0.29, 0.717) is 12.3 Å². The Kier molecular flexibility index (Phi) is 5.84. The second-order valence-corrected chi connectivity index (χ2v) is 7.55. The summed E-state index contributed by atoms with van der Waals surface area (Å²) in [5.41, 5.74) is 3.44. The minimum atomic E-state index is -0.261. The van der Waals surface area contributed by atoms with Crippen molar-refractivity contribution in [3.05, 3.63) is 89.9 Å². The molecule has 3 N–H and O–H groups in total. The minimum absolute atomic E-state index is 0.229. The molecule has 0 saturated heterocycles. The van der Waals surface area contributed by atoms with Gasteiger partial charge in [-0.25, -0.2) is 0 Å². The Labute approximate surface area is 176 Å². The zero-order chi connectivity index (χ0) is 20.8. The molecule has 1 fully saturated rings. The summed E-state index contributed by atoms with van der Waals surface area (Å²) in [5, 5.41) is 9.64. The molecule has 1 amide bonds. The van der Waals surface area contributed by atoms with Crippen LogP contribution in [0.3, 0.4) is 0 Å². The first-order valence-electron chi connectivity index (χ1n) is 10.1. The molecule has 4 rings (SSSR count). The van der Waals surface area contributed by atoms with Crippen LogP contribution in [0.25, 0.3) is 0 Å². The fourth-order valence-electron chi connectivity index (χ4n) is 3.48. The van der Waals surface area contributed by atoms with Crippen molar-refractivity contribution in [3.63, 3.8) is 0 Å². The summed E-state index contributed by atoms with van der Waals surface area (Å²) in [4.78, 5) is 16.4. The molecule has 0 unspecified atom stereocenters. The second-order valence-electron chi connectivity index (χ2n) is 7.55. The van der Waals surface area contributed by atoms with Gasteiger partial charge < -0.3 is 20.4 Å². The zero-order valence-corrected chi connectivity index (χ0v) is 17.0. The van der Waals surface area contributed by atoms with E-state index in [4.69, 9.17) is 4.42 Å². The Balaban J connectivity index is 1.27. The smallest absolute Gasteiger partial charge is 0.291 e. The summed E-state index contributed by atoms with van der Waals surface area (Å²) in [6.07, 6.45) is 3.88. The number of aliphatic imine (C=N–C) groups is 1. The Hall–Kier alpha value is -3.54. The highest BCUT2D eigenvalue weighted by atomic mass is 16.3. The lowest BCUT2D eigenvalue weighted by Gasteiger charge is -2.19. The summed E-state index contributed by atoms with van der Waals surface area (Å²) in [5.74, 6) is 0.815. The molecule has 0 atom stereocenters. The van der Waals surface area contributed by atoms with Gasteiger partial charge in [-0.1, -0.05) is 42.5 Å². The normalized spacial score (nSPS) is 14.8. The summed E-state index contributed by atoms with van der Waals surface area (Å²) in [6, 6.07) is 21.7. The standard InChI is InChI=1S/C24H26N4O2/c1-25-23(27-17-24(13-14-24)19-6-3-2-4-7-19)26-16-18-9-11-20(12-10-18)28-22(29)21-8-5-15-30-21/h2-12,15H,13-14,16-17H2,1H3,(H,28,29)(H2,25,26,27). The molecule has 1 aliphatic rings. The maximum Gasteiger partial charge on any atom is 0.291 e. The van der Waals surface area contributed by atoms with Crippen LogP contribution in [0.2, 0.25) is 0 Å². The molecule has 1 aliphatic carbocycles. The van der Waals surface area contributed by atoms with Crippen molar-refractivity contribution in [1.82, 2.24) is 10.6 Å². The fourth-order valence-corrected chi connectivity index (χ4v) is 3.48. The SMILES string of the molecule is CN=C(NCc1ccc(NC(=O)c2ccco2)cc1)NCC1(c2ccccc2)CC1. The van der Waals surface area contributed by atoms with Crippen molar-refractivity contribution in [2.24, 2.45) is 4.99 Å². The van der Waals surface area contributed by atoms with E-state index in [2.05, 4.69) is 51.3 Å². The van der Waals surface area contributed by atoms with Crippen molar-refractivity contribution >= 4 is 17.6 Å². The highest BCUT2D eigenvalue weighted by molar-refractivity contribution is 6.02. The molecule has 1 saturated carbocycles. The van der Waals surface area contributed by atoms with Crippen LogP contribution in [0.15, 0.2) is 82.4 Å². The van der Waals surface area contributed by atoms with E-state index in [1.165, 1.54) is 24.7 Å². The summed E-state index contributed by atoms with van der Waals surface area (Å²) in [6.45, 7) is 1.51. The summed E-state index contributed by atoms with van der Waals surface area (Å²) >= 11 is 0. The molecule has 0 radical (unpaired) electrons. The first-order valence-corrected chi connectivity index (χ1v) is 10.1. The van der Waals surface area contributed by atoms with Gasteiger partial charge in [-0.3, -0.25) is 9.79 Å². The van der Waals surface area contributed by atoms with Gasteiger partial charge in [0.2, 0.25) is 0 Å². The lowest BCUT2D eigenvalue weighted by atomic mass is 9.96. The molecule has 0 spiro atoms. The number of guanidine groups is 1. The largest absolute Gasteiger partial charge is 0.459 e. The van der Waals surface area contributed by atoms with Gasteiger partial charge in [-0.2, -0.15) is 0 Å². The van der Waals surface area contributed by atoms with Gasteiger partial charge in [0, 0.05) is 31.2 Å². The number of carbonyl (C=O) groups is 1. The van der Waals surface area contributed by atoms with Gasteiger partial charge >= 0.3 is 0 Å². The number of amides is 1. The van der Waals surface area contributed by atoms with Crippen LogP contribution < -0.4 is 16.0 Å². The molecule has 154 valence electrons. The number of carbonyl (C=O) groups excluding carboxylic acids is 1. The highest BCUT2D eigenvalue weighted by Crippen LogP contribution is 2.47. The van der Waals surface area contributed by atoms with Crippen molar-refractivity contribution in [3.8, 4) is 0 Å². The average Bonchev–Trinajstić information content (AvgIpc) is 3.37. The van der Waals surface area contributed by atoms with E-state index >= 15 is 0 Å². The van der Waals surface area contributed by atoms with E-state index in [0.717, 1.165) is 23.8 Å². The van der Waals surface area contributed by atoms with Crippen LogP contribution in [-0.4, -0.2) is 25.5 Å². The molecular weight excluding hydrogens is 376 g/mol. The Morgan fingerprint density at radius 1 is 1.00 bits per heavy atom. The van der Waals surface area contributed by atoms with Gasteiger partial charge in [0.05, 0.1) is 6.26 Å². The average molecular weight is 402 g/mol. The molecule has 1 heterocycles. The summed E-state index contributed by atoms with van der Waals surface area (Å²) < 4.78 is 5.11. The van der Waals surface area contributed by atoms with Gasteiger partial charge in [-0.05, 0) is 48.2 Å². The molecule has 0 bridgehead atoms. The lowest BCUT2D eigenvalue weighted by molar-refractivity contribution is 0.0996. The molecular formula is C24H26N4O2. The maximum atomic E-state index is 12.0. The molecule has 6 heteroatoms. The van der Waals surface area contributed by atoms with Gasteiger partial charge in [0.1, 0.15) is 0 Å². The van der Waals surface area contributed by atoms with Crippen LogP contribution in [0, 0.1) is 0 Å². The number of hydrogen-bond donors (Lipinski definition) is 3. The first-order chi connectivity index (χ1) is 14.7. The minimum Gasteiger partial charge on any atom is -0.459 e. The van der Waals surface area contributed by atoms with E-state index < -0.39 is 0 Å². The molecule has 1 aromatic heterocycles. The zero-order valence-electron chi connectivity index (χ0n) is 17.0. The summed E-state index contributed by atoms with van der Waals surface area (Å²) in [7, 11) is 1.78. The number of furan rings is 1. The van der Waals surface area contributed by atoms with Gasteiger partial charge in [-0.15, -0.1) is 0 Å². The van der Waals surface area contributed by atoms with Gasteiger partial charge in [0.25, 0.3) is 5.91 Å². The van der Waals surface area contributed by atoms with E-state index in [-0.39, 0.29) is 11.3 Å². The lowest BCUT2D eigenvalue weighted by Crippen LogP contribution is -2.40. The second kappa shape index (κ2) is 8.86. The van der Waals surface area contributed by atoms with Crippen LogP contribution in [0.1, 0.15) is 34.5 Å². The number of nitrogens with zero attached hydrogens (tertiary/aromatic N) is 1. The monoisotopic (exact) mass is 402 g/mol. The van der Waals surface area contributed by atoms with E-state index in [1.807, 2.05) is 24.3 Å². The third-order valence-electron chi connectivity index (χ3n) is 5.47. The van der Waals surface area contributed by atoms with Crippen molar-refractivity contribution < 1.29 is 9.21 Å². The topological polar surface area (TPSA) is 78.7 Å². The van der Waals surface area contributed by atoms with Crippen LogP contribution in [-0.2, 0) is 12.0 Å². The maximum absolute atomic E-state index is 12.0. The van der Waals surface area contributed by atoms with E-state index in [1.54, 1.807) is 19.2 Å². The van der Waals surface area contributed by atoms with Crippen LogP contribution in [0.4, 0.5) is 5.69 Å². The molecule has 3 aromatic rings. The Bertz CT molecular complexity index is 991. The van der Waals surface area contributed by atoms with Crippen LogP contribution >= 0.6 is 0 Å². The third-order valence-corrected chi connectivity index (χ3v) is 5.47. The first kappa shape index (κ1) is 19.8. The number of hydrogen-bond acceptors (Lipinski definition) is 3. The van der Waals surface area contributed by atoms with Crippen molar-refractivity contribution in [2.45, 2.75) is 24.8 Å².